The minimum absolute atomic E-state index is 0.174. The third kappa shape index (κ3) is 6.01. The molecule has 0 saturated heterocycles. The van der Waals surface area contributed by atoms with Gasteiger partial charge >= 0.3 is 0 Å². The highest BCUT2D eigenvalue weighted by molar-refractivity contribution is 4.93. The van der Waals surface area contributed by atoms with Gasteiger partial charge in [-0.1, -0.05) is 32.9 Å². The van der Waals surface area contributed by atoms with E-state index in [0.717, 1.165) is 44.1 Å². The summed E-state index contributed by atoms with van der Waals surface area (Å²) < 4.78 is 5.38. The molecule has 0 saturated carbocycles. The van der Waals surface area contributed by atoms with Crippen LogP contribution in [0.15, 0.2) is 4.52 Å². The van der Waals surface area contributed by atoms with Crippen LogP contribution in [-0.4, -0.2) is 48.3 Å². The van der Waals surface area contributed by atoms with Crippen molar-refractivity contribution >= 4 is 0 Å². The summed E-state index contributed by atoms with van der Waals surface area (Å²) in [4.78, 5) is 6.62. The summed E-state index contributed by atoms with van der Waals surface area (Å²) in [6.07, 6.45) is 2.75. The summed E-state index contributed by atoms with van der Waals surface area (Å²) in [5.41, 5.74) is 0.174. The van der Waals surface area contributed by atoms with Crippen LogP contribution in [0.3, 0.4) is 0 Å². The lowest BCUT2D eigenvalue weighted by atomic mass is 9.84. The second-order valence-corrected chi connectivity index (χ2v) is 6.73. The van der Waals surface area contributed by atoms with Crippen LogP contribution in [0.1, 0.15) is 45.8 Å². The molecule has 5 heteroatoms. The van der Waals surface area contributed by atoms with E-state index >= 15 is 0 Å². The molecule has 1 atom stereocenters. The van der Waals surface area contributed by atoms with Crippen LogP contribution in [0.4, 0.5) is 0 Å². The van der Waals surface area contributed by atoms with Gasteiger partial charge in [0.05, 0.1) is 0 Å². The van der Waals surface area contributed by atoms with E-state index in [0.29, 0.717) is 6.04 Å². The first-order chi connectivity index (χ1) is 9.32. The zero-order valence-corrected chi connectivity index (χ0v) is 13.9. The van der Waals surface area contributed by atoms with Crippen LogP contribution in [-0.2, 0) is 12.8 Å². The first kappa shape index (κ1) is 17.1. The summed E-state index contributed by atoms with van der Waals surface area (Å²) in [7, 11) is 4.09. The van der Waals surface area contributed by atoms with Crippen molar-refractivity contribution in [3.05, 3.63) is 11.7 Å². The number of nitrogens with zero attached hydrogens (tertiary/aromatic N) is 3. The average Bonchev–Trinajstić information content (AvgIpc) is 2.78. The molecule has 1 heterocycles. The lowest BCUT2D eigenvalue weighted by Crippen LogP contribution is -2.42. The molecule has 1 unspecified atom stereocenters. The molecule has 0 radical (unpaired) electrons. The largest absolute Gasteiger partial charge is 0.339 e. The van der Waals surface area contributed by atoms with E-state index in [1.807, 2.05) is 14.1 Å². The zero-order chi connectivity index (χ0) is 15.2. The van der Waals surface area contributed by atoms with Crippen molar-refractivity contribution in [2.45, 2.75) is 53.0 Å². The van der Waals surface area contributed by atoms with Crippen LogP contribution in [0.25, 0.3) is 0 Å². The number of nitrogens with one attached hydrogen (secondary N) is 1. The fourth-order valence-electron chi connectivity index (χ4n) is 1.98. The molecule has 0 fully saturated rings. The normalized spacial score (nSPS) is 13.9. The van der Waals surface area contributed by atoms with Gasteiger partial charge in [-0.3, -0.25) is 0 Å². The molecule has 1 aromatic rings. The van der Waals surface area contributed by atoms with Crippen molar-refractivity contribution in [2.75, 3.05) is 27.2 Å². The van der Waals surface area contributed by atoms with E-state index in [1.165, 1.54) is 0 Å². The van der Waals surface area contributed by atoms with Gasteiger partial charge in [0.15, 0.2) is 5.82 Å². The van der Waals surface area contributed by atoms with Gasteiger partial charge < -0.3 is 14.7 Å². The molecule has 116 valence electrons. The van der Waals surface area contributed by atoms with E-state index in [9.17, 15) is 0 Å². The van der Waals surface area contributed by atoms with Crippen LogP contribution in [0.5, 0.6) is 0 Å². The molecule has 0 amide bonds. The molecule has 1 rings (SSSR count). The Morgan fingerprint density at radius 1 is 1.30 bits per heavy atom. The van der Waals surface area contributed by atoms with Crippen molar-refractivity contribution in [1.29, 1.82) is 0 Å². The molecule has 0 aliphatic heterocycles. The van der Waals surface area contributed by atoms with E-state index in [-0.39, 0.29) is 5.41 Å². The van der Waals surface area contributed by atoms with Gasteiger partial charge in [0, 0.05) is 25.4 Å². The number of hydrogen-bond donors (Lipinski definition) is 1. The maximum absolute atomic E-state index is 5.38. The highest BCUT2D eigenvalue weighted by atomic mass is 16.5. The van der Waals surface area contributed by atoms with E-state index in [4.69, 9.17) is 4.52 Å². The van der Waals surface area contributed by atoms with E-state index in [2.05, 4.69) is 48.1 Å². The maximum Gasteiger partial charge on any atom is 0.228 e. The Labute approximate surface area is 123 Å². The lowest BCUT2D eigenvalue weighted by molar-refractivity contribution is 0.244. The first-order valence-corrected chi connectivity index (χ1v) is 7.52. The Kier molecular flexibility index (Phi) is 6.62. The third-order valence-corrected chi connectivity index (χ3v) is 3.36. The Balaban J connectivity index is 2.60. The first-order valence-electron chi connectivity index (χ1n) is 7.52. The van der Waals surface area contributed by atoms with Crippen LogP contribution < -0.4 is 5.32 Å². The van der Waals surface area contributed by atoms with Crippen molar-refractivity contribution in [3.63, 3.8) is 0 Å². The molecule has 0 aliphatic rings. The third-order valence-electron chi connectivity index (χ3n) is 3.36. The predicted molar refractivity (Wildman–Crippen MR) is 81.8 cm³/mol. The molecule has 0 aromatic carbocycles. The van der Waals surface area contributed by atoms with Gasteiger partial charge in [0.2, 0.25) is 5.89 Å². The minimum atomic E-state index is 0.174. The Hall–Kier alpha value is -0.940. The average molecular weight is 282 g/mol. The summed E-state index contributed by atoms with van der Waals surface area (Å²) in [5, 5.41) is 7.64. The summed E-state index contributed by atoms with van der Waals surface area (Å²) in [5.74, 6) is 1.54. The van der Waals surface area contributed by atoms with Crippen LogP contribution in [0.2, 0.25) is 0 Å². The van der Waals surface area contributed by atoms with Crippen LogP contribution >= 0.6 is 0 Å². The smallest absolute Gasteiger partial charge is 0.228 e. The van der Waals surface area contributed by atoms with Crippen LogP contribution in [0, 0.1) is 5.41 Å². The molecular weight excluding hydrogens is 252 g/mol. The van der Waals surface area contributed by atoms with Gasteiger partial charge in [-0.05, 0) is 32.5 Å². The standard InChI is InChI=1S/C15H30N4O/c1-7-9-16-12(15(2,3)4)11-14-17-13(18-20-14)8-10-19(5)6/h12,16H,7-11H2,1-6H3. The van der Waals surface area contributed by atoms with Gasteiger partial charge in [-0.2, -0.15) is 4.98 Å². The number of hydrogen-bond acceptors (Lipinski definition) is 5. The van der Waals surface area contributed by atoms with Crippen molar-refractivity contribution in [3.8, 4) is 0 Å². The number of likely N-dealkylation sites (N-methyl/N-ethyl adjacent to an activating group) is 1. The maximum atomic E-state index is 5.38. The molecule has 20 heavy (non-hydrogen) atoms. The Bertz CT molecular complexity index is 381. The Morgan fingerprint density at radius 3 is 2.55 bits per heavy atom. The van der Waals surface area contributed by atoms with Crippen molar-refractivity contribution < 1.29 is 4.52 Å². The van der Waals surface area contributed by atoms with Gasteiger partial charge in [-0.15, -0.1) is 0 Å². The van der Waals surface area contributed by atoms with Crippen molar-refractivity contribution in [1.82, 2.24) is 20.4 Å². The molecule has 0 aliphatic carbocycles. The zero-order valence-electron chi connectivity index (χ0n) is 13.9. The molecule has 5 nitrogen and oxygen atoms in total. The monoisotopic (exact) mass is 282 g/mol. The second-order valence-electron chi connectivity index (χ2n) is 6.73. The predicted octanol–water partition coefficient (Wildman–Crippen LogP) is 2.13. The summed E-state index contributed by atoms with van der Waals surface area (Å²) >= 11 is 0. The number of aromatic nitrogens is 2. The minimum Gasteiger partial charge on any atom is -0.339 e. The van der Waals surface area contributed by atoms with Crippen molar-refractivity contribution in [2.24, 2.45) is 5.41 Å². The number of rotatable bonds is 8. The highest BCUT2D eigenvalue weighted by Gasteiger charge is 2.26. The van der Waals surface area contributed by atoms with Gasteiger partial charge in [0.1, 0.15) is 0 Å². The molecule has 1 aromatic heterocycles. The molecular formula is C15H30N4O. The summed E-state index contributed by atoms with van der Waals surface area (Å²) in [6, 6.07) is 0.351. The second kappa shape index (κ2) is 7.74. The van der Waals surface area contributed by atoms with Gasteiger partial charge in [0.25, 0.3) is 0 Å². The quantitative estimate of drug-likeness (QED) is 0.791. The summed E-state index contributed by atoms with van der Waals surface area (Å²) in [6.45, 7) is 10.9. The highest BCUT2D eigenvalue weighted by Crippen LogP contribution is 2.22. The fraction of sp³-hybridized carbons (Fsp3) is 0.867. The molecule has 1 N–H and O–H groups in total. The topological polar surface area (TPSA) is 54.2 Å². The molecule has 0 spiro atoms. The van der Waals surface area contributed by atoms with E-state index in [1.54, 1.807) is 0 Å². The van der Waals surface area contributed by atoms with E-state index < -0.39 is 0 Å². The lowest BCUT2D eigenvalue weighted by Gasteiger charge is -2.30. The Morgan fingerprint density at radius 2 is 2.00 bits per heavy atom. The molecule has 0 bridgehead atoms. The SMILES string of the molecule is CCCNC(Cc1nc(CCN(C)C)no1)C(C)(C)C. The van der Waals surface area contributed by atoms with Gasteiger partial charge in [-0.25, -0.2) is 0 Å². The fourth-order valence-corrected chi connectivity index (χ4v) is 1.98.